The number of benzene rings is 1. The van der Waals surface area contributed by atoms with Crippen molar-refractivity contribution >= 4 is 28.9 Å². The largest absolute Gasteiger partial charge is 0.398 e. The molecule has 5 heteroatoms. The maximum Gasteiger partial charge on any atom is 0.222 e. The van der Waals surface area contributed by atoms with Crippen LogP contribution < -0.4 is 10.6 Å². The third kappa shape index (κ3) is 3.86. The van der Waals surface area contributed by atoms with Gasteiger partial charge in [-0.15, -0.1) is 0 Å². The van der Waals surface area contributed by atoms with Crippen LogP contribution in [-0.2, 0) is 4.79 Å². The Morgan fingerprint density at radius 1 is 1.50 bits per heavy atom. The van der Waals surface area contributed by atoms with E-state index in [1.807, 2.05) is 30.0 Å². The van der Waals surface area contributed by atoms with Gasteiger partial charge in [-0.1, -0.05) is 32.4 Å². The first-order valence-electron chi connectivity index (χ1n) is 8.01. The van der Waals surface area contributed by atoms with Gasteiger partial charge in [0.05, 0.1) is 10.7 Å². The topological polar surface area (TPSA) is 49.6 Å². The maximum atomic E-state index is 11.9. The van der Waals surface area contributed by atoms with Crippen LogP contribution >= 0.6 is 11.6 Å². The fourth-order valence-electron chi connectivity index (χ4n) is 3.00. The predicted octanol–water partition coefficient (Wildman–Crippen LogP) is 3.40. The number of rotatable bonds is 5. The summed E-state index contributed by atoms with van der Waals surface area (Å²) in [5.74, 6) is 0.773. The van der Waals surface area contributed by atoms with Crippen molar-refractivity contribution in [1.82, 2.24) is 4.90 Å². The Bertz CT molecular complexity index is 533. The van der Waals surface area contributed by atoms with E-state index in [1.165, 1.54) is 0 Å². The molecule has 1 unspecified atom stereocenters. The molecule has 1 atom stereocenters. The van der Waals surface area contributed by atoms with Crippen molar-refractivity contribution < 1.29 is 4.79 Å². The zero-order valence-corrected chi connectivity index (χ0v) is 14.4. The minimum absolute atomic E-state index is 0.238. The summed E-state index contributed by atoms with van der Waals surface area (Å²) in [6, 6.07) is 6.16. The molecule has 1 fully saturated rings. The minimum Gasteiger partial charge on any atom is -0.398 e. The van der Waals surface area contributed by atoms with Gasteiger partial charge in [-0.3, -0.25) is 4.79 Å². The lowest BCUT2D eigenvalue weighted by atomic mass is 10.1. The fourth-order valence-corrected chi connectivity index (χ4v) is 3.17. The van der Waals surface area contributed by atoms with Gasteiger partial charge in [0.15, 0.2) is 0 Å². The summed E-state index contributed by atoms with van der Waals surface area (Å²) in [5, 5.41) is 0.589. The van der Waals surface area contributed by atoms with Gasteiger partial charge in [-0.25, -0.2) is 0 Å². The van der Waals surface area contributed by atoms with Crippen LogP contribution in [0.4, 0.5) is 11.4 Å². The monoisotopic (exact) mass is 323 g/mol. The standard InChI is InChI=1S/C17H26ClN3O/c1-4-17(22)20-8-7-14(11-20)21(10-12(2)3)13-5-6-16(19)15(18)9-13/h5-6,9,12,14H,4,7-8,10-11,19H2,1-3H3. The van der Waals surface area contributed by atoms with Crippen LogP contribution in [-0.4, -0.2) is 36.5 Å². The molecule has 122 valence electrons. The second-order valence-electron chi connectivity index (χ2n) is 6.39. The van der Waals surface area contributed by atoms with E-state index in [9.17, 15) is 4.79 Å². The summed E-state index contributed by atoms with van der Waals surface area (Å²) in [6.07, 6.45) is 1.57. The number of halogens is 1. The van der Waals surface area contributed by atoms with E-state index < -0.39 is 0 Å². The lowest BCUT2D eigenvalue weighted by Gasteiger charge is -2.33. The molecule has 1 aliphatic heterocycles. The number of amides is 1. The second-order valence-corrected chi connectivity index (χ2v) is 6.80. The van der Waals surface area contributed by atoms with Gasteiger partial charge >= 0.3 is 0 Å². The number of anilines is 2. The van der Waals surface area contributed by atoms with E-state index in [2.05, 4.69) is 18.7 Å². The van der Waals surface area contributed by atoms with Gasteiger partial charge < -0.3 is 15.5 Å². The Hall–Kier alpha value is -1.42. The molecule has 1 saturated heterocycles. The third-order valence-corrected chi connectivity index (χ3v) is 4.46. The Morgan fingerprint density at radius 3 is 2.82 bits per heavy atom. The van der Waals surface area contributed by atoms with E-state index >= 15 is 0 Å². The molecule has 2 N–H and O–H groups in total. The van der Waals surface area contributed by atoms with Crippen LogP contribution in [0.5, 0.6) is 0 Å². The van der Waals surface area contributed by atoms with Crippen molar-refractivity contribution in [2.45, 2.75) is 39.7 Å². The summed E-state index contributed by atoms with van der Waals surface area (Å²) >= 11 is 6.19. The Kier molecular flexibility index (Phi) is 5.57. The number of hydrogen-bond acceptors (Lipinski definition) is 3. The van der Waals surface area contributed by atoms with Crippen LogP contribution in [0.25, 0.3) is 0 Å². The molecule has 0 saturated carbocycles. The smallest absolute Gasteiger partial charge is 0.222 e. The first-order valence-corrected chi connectivity index (χ1v) is 8.39. The summed E-state index contributed by atoms with van der Waals surface area (Å²) in [6.45, 7) is 8.90. The number of likely N-dealkylation sites (tertiary alicyclic amines) is 1. The van der Waals surface area contributed by atoms with Crippen molar-refractivity contribution in [2.24, 2.45) is 5.92 Å². The first kappa shape index (κ1) is 16.9. The highest BCUT2D eigenvalue weighted by Gasteiger charge is 2.30. The summed E-state index contributed by atoms with van der Waals surface area (Å²) in [5.41, 5.74) is 7.51. The fraction of sp³-hybridized carbons (Fsp3) is 0.588. The highest BCUT2D eigenvalue weighted by Crippen LogP contribution is 2.29. The Balaban J connectivity index is 2.19. The minimum atomic E-state index is 0.238. The van der Waals surface area contributed by atoms with Gasteiger partial charge in [0, 0.05) is 37.8 Å². The van der Waals surface area contributed by atoms with Crippen LogP contribution in [0.3, 0.4) is 0 Å². The van der Waals surface area contributed by atoms with E-state index in [0.29, 0.717) is 29.1 Å². The average molecular weight is 324 g/mol. The van der Waals surface area contributed by atoms with Crippen molar-refractivity contribution in [3.63, 3.8) is 0 Å². The van der Waals surface area contributed by atoms with Gasteiger partial charge in [0.2, 0.25) is 5.91 Å². The molecule has 1 amide bonds. The van der Waals surface area contributed by atoms with Crippen molar-refractivity contribution in [1.29, 1.82) is 0 Å². The zero-order valence-electron chi connectivity index (χ0n) is 13.7. The average Bonchev–Trinajstić information content (AvgIpc) is 2.96. The van der Waals surface area contributed by atoms with Crippen molar-refractivity contribution in [3.05, 3.63) is 23.2 Å². The molecule has 4 nitrogen and oxygen atoms in total. The van der Waals surface area contributed by atoms with E-state index in [0.717, 1.165) is 31.7 Å². The molecular formula is C17H26ClN3O. The third-order valence-electron chi connectivity index (χ3n) is 4.14. The van der Waals surface area contributed by atoms with Gasteiger partial charge in [-0.05, 0) is 30.5 Å². The van der Waals surface area contributed by atoms with Crippen LogP contribution in [0.15, 0.2) is 18.2 Å². The van der Waals surface area contributed by atoms with Crippen LogP contribution in [0.2, 0.25) is 5.02 Å². The second kappa shape index (κ2) is 7.23. The molecule has 2 rings (SSSR count). The predicted molar refractivity (Wildman–Crippen MR) is 93.3 cm³/mol. The number of carbonyl (C=O) groups excluding carboxylic acids is 1. The molecule has 1 aromatic rings. The number of nitrogen functional groups attached to an aromatic ring is 1. The van der Waals surface area contributed by atoms with E-state index in [1.54, 1.807) is 0 Å². The lowest BCUT2D eigenvalue weighted by Crippen LogP contribution is -2.41. The SMILES string of the molecule is CCC(=O)N1CCC(N(CC(C)C)c2ccc(N)c(Cl)c2)C1. The lowest BCUT2D eigenvalue weighted by molar-refractivity contribution is -0.129. The molecule has 0 aliphatic carbocycles. The van der Waals surface area contributed by atoms with Crippen LogP contribution in [0, 0.1) is 5.92 Å². The molecule has 1 aliphatic rings. The molecule has 1 heterocycles. The Morgan fingerprint density at radius 2 is 2.23 bits per heavy atom. The van der Waals surface area contributed by atoms with Crippen molar-refractivity contribution in [3.8, 4) is 0 Å². The van der Waals surface area contributed by atoms with Gasteiger partial charge in [0.1, 0.15) is 0 Å². The quantitative estimate of drug-likeness (QED) is 0.845. The highest BCUT2D eigenvalue weighted by atomic mass is 35.5. The summed E-state index contributed by atoms with van der Waals surface area (Å²) in [7, 11) is 0. The van der Waals surface area contributed by atoms with Crippen molar-refractivity contribution in [2.75, 3.05) is 30.3 Å². The zero-order chi connectivity index (χ0) is 16.3. The molecule has 22 heavy (non-hydrogen) atoms. The van der Waals surface area contributed by atoms with E-state index in [-0.39, 0.29) is 5.91 Å². The molecule has 0 radical (unpaired) electrons. The first-order chi connectivity index (χ1) is 10.4. The van der Waals surface area contributed by atoms with E-state index in [4.69, 9.17) is 17.3 Å². The molecular weight excluding hydrogens is 298 g/mol. The summed E-state index contributed by atoms with van der Waals surface area (Å²) < 4.78 is 0. The van der Waals surface area contributed by atoms with Gasteiger partial charge in [-0.2, -0.15) is 0 Å². The van der Waals surface area contributed by atoms with Crippen LogP contribution in [0.1, 0.15) is 33.6 Å². The number of carbonyl (C=O) groups is 1. The molecule has 0 spiro atoms. The Labute approximate surface area is 138 Å². The number of nitrogens with zero attached hydrogens (tertiary/aromatic N) is 2. The molecule has 1 aromatic carbocycles. The van der Waals surface area contributed by atoms with Gasteiger partial charge in [0.25, 0.3) is 0 Å². The molecule has 0 aromatic heterocycles. The molecule has 0 bridgehead atoms. The number of nitrogens with two attached hydrogens (primary N) is 1. The maximum absolute atomic E-state index is 11.9. The summed E-state index contributed by atoms with van der Waals surface area (Å²) in [4.78, 5) is 16.3. The normalized spacial score (nSPS) is 18.0. The number of hydrogen-bond donors (Lipinski definition) is 1. The highest BCUT2D eigenvalue weighted by molar-refractivity contribution is 6.33.